The highest BCUT2D eigenvalue weighted by atomic mass is 16.6. The number of fused-ring (bicyclic) bond motifs is 1. The van der Waals surface area contributed by atoms with Gasteiger partial charge in [0.05, 0.1) is 6.04 Å². The fourth-order valence-corrected chi connectivity index (χ4v) is 3.76. The molecule has 1 heterocycles. The minimum absolute atomic E-state index is 0.438. The van der Waals surface area contributed by atoms with Crippen LogP contribution < -0.4 is 5.32 Å². The van der Waals surface area contributed by atoms with Crippen LogP contribution in [0.2, 0.25) is 0 Å². The van der Waals surface area contributed by atoms with Crippen molar-refractivity contribution in [3.8, 4) is 0 Å². The van der Waals surface area contributed by atoms with Gasteiger partial charge in [0.2, 0.25) is 0 Å². The molecule has 1 amide bonds. The summed E-state index contributed by atoms with van der Waals surface area (Å²) in [5.41, 5.74) is 1.68. The van der Waals surface area contributed by atoms with E-state index in [9.17, 15) is 4.79 Å². The SMILES string of the molecule is CC(C)(C)OC(=O)N[C@H](Cc1ccc2ccccc2c1)c1nnnn1CCc1ccccc1. The number of hydrogen-bond donors (Lipinski definition) is 1. The molecule has 7 heteroatoms. The molecule has 0 radical (unpaired) electrons. The van der Waals surface area contributed by atoms with Crippen molar-refractivity contribution in [2.24, 2.45) is 0 Å². The molecule has 0 bridgehead atoms. The number of alkyl carbamates (subject to hydrolysis) is 1. The number of benzene rings is 3. The standard InChI is InChI=1S/C26H29N5O2/c1-26(2,3)33-25(32)27-23(18-20-13-14-21-11-7-8-12-22(21)17-20)24-28-29-30-31(24)16-15-19-9-5-4-6-10-19/h4-14,17,23H,15-16,18H2,1-3H3,(H,27,32)/t23-/m1/s1. The molecule has 0 aliphatic carbocycles. The maximum Gasteiger partial charge on any atom is 0.408 e. The molecule has 0 fully saturated rings. The summed E-state index contributed by atoms with van der Waals surface area (Å²) >= 11 is 0. The number of nitrogens with one attached hydrogen (secondary N) is 1. The van der Waals surface area contributed by atoms with Crippen LogP contribution in [0.15, 0.2) is 72.8 Å². The molecule has 170 valence electrons. The molecule has 7 nitrogen and oxygen atoms in total. The Kier molecular flexibility index (Phi) is 6.68. The summed E-state index contributed by atoms with van der Waals surface area (Å²) < 4.78 is 7.28. The number of rotatable bonds is 7. The van der Waals surface area contributed by atoms with Crippen molar-refractivity contribution in [2.75, 3.05) is 0 Å². The number of hydrogen-bond acceptors (Lipinski definition) is 5. The highest BCUT2D eigenvalue weighted by molar-refractivity contribution is 5.83. The minimum Gasteiger partial charge on any atom is -0.444 e. The van der Waals surface area contributed by atoms with Crippen LogP contribution in [-0.4, -0.2) is 31.9 Å². The second-order valence-corrected chi connectivity index (χ2v) is 9.08. The van der Waals surface area contributed by atoms with Gasteiger partial charge >= 0.3 is 6.09 Å². The normalized spacial score (nSPS) is 12.5. The first kappa shape index (κ1) is 22.5. The average Bonchev–Trinajstić information content (AvgIpc) is 3.25. The van der Waals surface area contributed by atoms with E-state index in [0.717, 1.165) is 17.4 Å². The molecule has 0 aliphatic rings. The van der Waals surface area contributed by atoms with E-state index in [-0.39, 0.29) is 0 Å². The fraction of sp³-hybridized carbons (Fsp3) is 0.308. The third-order valence-corrected chi connectivity index (χ3v) is 5.27. The van der Waals surface area contributed by atoms with Gasteiger partial charge in [0.15, 0.2) is 5.82 Å². The number of nitrogens with zero attached hydrogens (tertiary/aromatic N) is 4. The Morgan fingerprint density at radius 2 is 1.70 bits per heavy atom. The van der Waals surface area contributed by atoms with Crippen LogP contribution in [0.1, 0.15) is 43.8 Å². The Labute approximate surface area is 193 Å². The zero-order chi connectivity index (χ0) is 23.3. The number of carbonyl (C=O) groups is 1. The lowest BCUT2D eigenvalue weighted by molar-refractivity contribution is 0.0500. The van der Waals surface area contributed by atoms with Crippen LogP contribution in [0.4, 0.5) is 4.79 Å². The topological polar surface area (TPSA) is 81.9 Å². The van der Waals surface area contributed by atoms with Crippen LogP contribution in [-0.2, 0) is 24.1 Å². The first-order valence-electron chi connectivity index (χ1n) is 11.1. The van der Waals surface area contributed by atoms with Crippen molar-refractivity contribution in [1.29, 1.82) is 0 Å². The highest BCUT2D eigenvalue weighted by Gasteiger charge is 2.25. The maximum atomic E-state index is 12.6. The summed E-state index contributed by atoms with van der Waals surface area (Å²) in [7, 11) is 0. The number of carbonyl (C=O) groups excluding carboxylic acids is 1. The van der Waals surface area contributed by atoms with Crippen LogP contribution in [0.5, 0.6) is 0 Å². The number of amides is 1. The van der Waals surface area contributed by atoms with Crippen molar-refractivity contribution in [2.45, 2.75) is 51.8 Å². The van der Waals surface area contributed by atoms with Crippen LogP contribution >= 0.6 is 0 Å². The Morgan fingerprint density at radius 1 is 0.970 bits per heavy atom. The van der Waals surface area contributed by atoms with Gasteiger partial charge in [-0.3, -0.25) is 0 Å². The maximum absolute atomic E-state index is 12.6. The molecule has 0 saturated heterocycles. The van der Waals surface area contributed by atoms with Gasteiger partial charge in [0.25, 0.3) is 0 Å². The van der Waals surface area contributed by atoms with Crippen LogP contribution in [0, 0.1) is 0 Å². The van der Waals surface area contributed by atoms with E-state index in [4.69, 9.17) is 4.74 Å². The molecule has 0 saturated carbocycles. The summed E-state index contributed by atoms with van der Waals surface area (Å²) in [5.74, 6) is 0.602. The summed E-state index contributed by atoms with van der Waals surface area (Å²) in [5, 5.41) is 17.7. The van der Waals surface area contributed by atoms with E-state index < -0.39 is 17.7 Å². The third-order valence-electron chi connectivity index (χ3n) is 5.27. The monoisotopic (exact) mass is 443 g/mol. The predicted octanol–water partition coefficient (Wildman–Crippen LogP) is 4.88. The van der Waals surface area contributed by atoms with Gasteiger partial charge in [0.1, 0.15) is 5.60 Å². The van der Waals surface area contributed by atoms with Gasteiger partial charge in [0, 0.05) is 13.0 Å². The summed E-state index contributed by atoms with van der Waals surface area (Å²) in [6.45, 7) is 6.13. The van der Waals surface area contributed by atoms with E-state index in [0.29, 0.717) is 18.8 Å². The minimum atomic E-state index is -0.600. The van der Waals surface area contributed by atoms with Gasteiger partial charge in [-0.15, -0.1) is 5.10 Å². The lowest BCUT2D eigenvalue weighted by Gasteiger charge is -2.23. The van der Waals surface area contributed by atoms with E-state index in [1.807, 2.05) is 51.1 Å². The first-order valence-corrected chi connectivity index (χ1v) is 11.1. The van der Waals surface area contributed by atoms with Crippen molar-refractivity contribution in [1.82, 2.24) is 25.5 Å². The van der Waals surface area contributed by atoms with E-state index >= 15 is 0 Å². The molecule has 0 aliphatic heterocycles. The van der Waals surface area contributed by atoms with E-state index in [2.05, 4.69) is 63.3 Å². The van der Waals surface area contributed by atoms with Crippen LogP contribution in [0.3, 0.4) is 0 Å². The largest absolute Gasteiger partial charge is 0.444 e. The van der Waals surface area contributed by atoms with Crippen molar-refractivity contribution in [3.05, 3.63) is 89.7 Å². The molecular formula is C26H29N5O2. The molecule has 4 rings (SSSR count). The van der Waals surface area contributed by atoms with E-state index in [1.165, 1.54) is 10.9 Å². The fourth-order valence-electron chi connectivity index (χ4n) is 3.76. The third kappa shape index (κ3) is 6.16. The zero-order valence-corrected chi connectivity index (χ0v) is 19.2. The molecule has 1 N–H and O–H groups in total. The zero-order valence-electron chi connectivity index (χ0n) is 19.2. The quantitative estimate of drug-likeness (QED) is 0.440. The molecule has 0 spiro atoms. The molecule has 4 aromatic rings. The molecule has 0 unspecified atom stereocenters. The van der Waals surface area contributed by atoms with Gasteiger partial charge in [-0.2, -0.15) is 0 Å². The van der Waals surface area contributed by atoms with Gasteiger partial charge in [-0.1, -0.05) is 72.8 Å². The molecule has 1 aromatic heterocycles. The second-order valence-electron chi connectivity index (χ2n) is 9.08. The smallest absolute Gasteiger partial charge is 0.408 e. The Balaban J connectivity index is 1.58. The lowest BCUT2D eigenvalue weighted by Crippen LogP contribution is -2.37. The number of aryl methyl sites for hydroxylation is 2. The van der Waals surface area contributed by atoms with Gasteiger partial charge < -0.3 is 10.1 Å². The van der Waals surface area contributed by atoms with Crippen molar-refractivity contribution < 1.29 is 9.53 Å². The summed E-state index contributed by atoms with van der Waals surface area (Å²) in [6.07, 6.45) is 0.829. The second kappa shape index (κ2) is 9.81. The molecular weight excluding hydrogens is 414 g/mol. The lowest BCUT2D eigenvalue weighted by atomic mass is 10.0. The Morgan fingerprint density at radius 3 is 2.45 bits per heavy atom. The predicted molar refractivity (Wildman–Crippen MR) is 128 cm³/mol. The molecule has 1 atom stereocenters. The highest BCUT2D eigenvalue weighted by Crippen LogP contribution is 2.22. The molecule has 33 heavy (non-hydrogen) atoms. The first-order chi connectivity index (χ1) is 15.9. The number of aromatic nitrogens is 4. The number of ether oxygens (including phenoxy) is 1. The van der Waals surface area contributed by atoms with E-state index in [1.54, 1.807) is 4.68 Å². The summed E-state index contributed by atoms with van der Waals surface area (Å²) in [4.78, 5) is 12.6. The van der Waals surface area contributed by atoms with Gasteiger partial charge in [-0.25, -0.2) is 9.48 Å². The Hall–Kier alpha value is -3.74. The average molecular weight is 444 g/mol. The van der Waals surface area contributed by atoms with Crippen molar-refractivity contribution in [3.63, 3.8) is 0 Å². The van der Waals surface area contributed by atoms with Crippen LogP contribution in [0.25, 0.3) is 10.8 Å². The Bertz CT molecular complexity index is 1210. The molecule has 3 aromatic carbocycles. The number of tetrazole rings is 1. The van der Waals surface area contributed by atoms with Gasteiger partial charge in [-0.05, 0) is 59.5 Å². The van der Waals surface area contributed by atoms with Crippen molar-refractivity contribution >= 4 is 16.9 Å². The summed E-state index contributed by atoms with van der Waals surface area (Å²) in [6, 6.07) is 24.3.